The van der Waals surface area contributed by atoms with Gasteiger partial charge in [-0.2, -0.15) is 0 Å². The molecule has 25 heavy (non-hydrogen) atoms. The number of nitrogens with zero attached hydrogens (tertiary/aromatic N) is 3. The number of benzene rings is 1. The highest BCUT2D eigenvalue weighted by Crippen LogP contribution is 2.41. The summed E-state index contributed by atoms with van der Waals surface area (Å²) in [5.41, 5.74) is 8.54. The largest absolute Gasteiger partial charge is 0.369 e. The maximum Gasteiger partial charge on any atom is 0.0730 e. The van der Waals surface area contributed by atoms with Crippen LogP contribution in [0.2, 0.25) is 0 Å². The standard InChI is InChI=1S/C21H20N4/c1-2-4-17-15(3-1)13-20-21(17)18(6-8-24-20)19-14-16(5-7-23-19)25-11-9-22-10-12-25/h1-8,14,22H,9-13H2. The molecule has 1 saturated heterocycles. The van der Waals surface area contributed by atoms with Crippen LogP contribution in [0.25, 0.3) is 22.4 Å². The molecule has 0 bridgehead atoms. The molecular weight excluding hydrogens is 308 g/mol. The quantitative estimate of drug-likeness (QED) is 0.614. The van der Waals surface area contributed by atoms with Gasteiger partial charge in [-0.15, -0.1) is 0 Å². The third-order valence-corrected chi connectivity index (χ3v) is 5.18. The SMILES string of the molecule is c1ccc2c(c1)Cc1nccc(-c3cc(N4CCNCC4)ccn3)c1-2. The van der Waals surface area contributed by atoms with Crippen LogP contribution in [0.1, 0.15) is 11.3 Å². The molecule has 0 saturated carbocycles. The first-order valence-corrected chi connectivity index (χ1v) is 8.88. The van der Waals surface area contributed by atoms with Crippen LogP contribution in [0.3, 0.4) is 0 Å². The third kappa shape index (κ3) is 2.50. The summed E-state index contributed by atoms with van der Waals surface area (Å²) in [6, 6.07) is 15.1. The molecule has 2 aliphatic rings. The highest BCUT2D eigenvalue weighted by Gasteiger charge is 2.23. The van der Waals surface area contributed by atoms with Crippen molar-refractivity contribution in [3.05, 3.63) is 66.1 Å². The lowest BCUT2D eigenvalue weighted by Gasteiger charge is -2.29. The molecule has 0 spiro atoms. The number of hydrogen-bond acceptors (Lipinski definition) is 4. The van der Waals surface area contributed by atoms with Crippen molar-refractivity contribution in [3.63, 3.8) is 0 Å². The number of pyridine rings is 2. The molecule has 0 amide bonds. The summed E-state index contributed by atoms with van der Waals surface area (Å²) >= 11 is 0. The van der Waals surface area contributed by atoms with Crippen LogP contribution in [0.4, 0.5) is 5.69 Å². The Balaban J connectivity index is 1.61. The van der Waals surface area contributed by atoms with Crippen molar-refractivity contribution >= 4 is 5.69 Å². The summed E-state index contributed by atoms with van der Waals surface area (Å²) in [7, 11) is 0. The molecule has 5 rings (SSSR count). The second kappa shape index (κ2) is 5.97. The highest BCUT2D eigenvalue weighted by molar-refractivity contribution is 5.88. The van der Waals surface area contributed by atoms with Gasteiger partial charge in [0.25, 0.3) is 0 Å². The van der Waals surface area contributed by atoms with Crippen molar-refractivity contribution in [1.29, 1.82) is 0 Å². The van der Waals surface area contributed by atoms with Crippen molar-refractivity contribution in [1.82, 2.24) is 15.3 Å². The molecule has 3 aromatic rings. The molecule has 0 atom stereocenters. The Bertz CT molecular complexity index is 929. The number of hydrogen-bond donors (Lipinski definition) is 1. The van der Waals surface area contributed by atoms with Gasteiger partial charge in [0, 0.05) is 61.8 Å². The van der Waals surface area contributed by atoms with Gasteiger partial charge in [0.15, 0.2) is 0 Å². The van der Waals surface area contributed by atoms with Crippen molar-refractivity contribution < 1.29 is 0 Å². The summed E-state index contributed by atoms with van der Waals surface area (Å²) in [4.78, 5) is 11.7. The monoisotopic (exact) mass is 328 g/mol. The van der Waals surface area contributed by atoms with Gasteiger partial charge in [0.1, 0.15) is 0 Å². The zero-order valence-corrected chi connectivity index (χ0v) is 14.1. The van der Waals surface area contributed by atoms with E-state index in [1.165, 1.54) is 27.9 Å². The topological polar surface area (TPSA) is 41.1 Å². The maximum absolute atomic E-state index is 4.68. The van der Waals surface area contributed by atoms with Crippen molar-refractivity contribution in [3.8, 4) is 22.4 Å². The van der Waals surface area contributed by atoms with Crippen molar-refractivity contribution in [2.45, 2.75) is 6.42 Å². The fourth-order valence-electron chi connectivity index (χ4n) is 3.94. The lowest BCUT2D eigenvalue weighted by Crippen LogP contribution is -2.43. The summed E-state index contributed by atoms with van der Waals surface area (Å²) in [6.07, 6.45) is 4.76. The van der Waals surface area contributed by atoms with E-state index in [9.17, 15) is 0 Å². The predicted molar refractivity (Wildman–Crippen MR) is 101 cm³/mol. The number of nitrogens with one attached hydrogen (secondary N) is 1. The Morgan fingerprint density at radius 3 is 2.64 bits per heavy atom. The molecule has 1 aromatic carbocycles. The summed E-state index contributed by atoms with van der Waals surface area (Å²) < 4.78 is 0. The van der Waals surface area contributed by atoms with Gasteiger partial charge in [0.2, 0.25) is 0 Å². The maximum atomic E-state index is 4.68. The first-order valence-electron chi connectivity index (χ1n) is 8.88. The fourth-order valence-corrected chi connectivity index (χ4v) is 3.94. The van der Waals surface area contributed by atoms with E-state index in [0.29, 0.717) is 0 Å². The van der Waals surface area contributed by atoms with Crippen molar-refractivity contribution in [2.24, 2.45) is 0 Å². The summed E-state index contributed by atoms with van der Waals surface area (Å²) in [6.45, 7) is 4.16. The van der Waals surface area contributed by atoms with Crippen LogP contribution in [0.15, 0.2) is 54.9 Å². The molecule has 4 nitrogen and oxygen atoms in total. The Labute approximate surface area is 147 Å². The molecule has 1 fully saturated rings. The van der Waals surface area contributed by atoms with Crippen LogP contribution in [0.5, 0.6) is 0 Å². The van der Waals surface area contributed by atoms with E-state index in [0.717, 1.165) is 44.0 Å². The molecule has 1 aliphatic heterocycles. The van der Waals surface area contributed by atoms with E-state index in [-0.39, 0.29) is 0 Å². The van der Waals surface area contributed by atoms with Crippen molar-refractivity contribution in [2.75, 3.05) is 31.1 Å². The number of rotatable bonds is 2. The molecule has 3 heterocycles. The Morgan fingerprint density at radius 2 is 1.72 bits per heavy atom. The number of anilines is 1. The zero-order chi connectivity index (χ0) is 16.6. The predicted octanol–water partition coefficient (Wildman–Crippen LogP) is 3.12. The Hall–Kier alpha value is -2.72. The Kier molecular flexibility index (Phi) is 3.49. The van der Waals surface area contributed by atoms with E-state index < -0.39 is 0 Å². The lowest BCUT2D eigenvalue weighted by molar-refractivity contribution is 0.589. The summed E-state index contributed by atoms with van der Waals surface area (Å²) in [5, 5.41) is 3.41. The van der Waals surface area contributed by atoms with E-state index in [2.05, 4.69) is 62.6 Å². The van der Waals surface area contributed by atoms with Gasteiger partial charge >= 0.3 is 0 Å². The van der Waals surface area contributed by atoms with E-state index in [1.54, 1.807) is 0 Å². The van der Waals surface area contributed by atoms with Crippen LogP contribution in [-0.2, 0) is 6.42 Å². The second-order valence-electron chi connectivity index (χ2n) is 6.65. The van der Waals surface area contributed by atoms with Crippen LogP contribution in [0, 0.1) is 0 Å². The molecule has 1 aliphatic carbocycles. The summed E-state index contributed by atoms with van der Waals surface area (Å²) in [5.74, 6) is 0. The van der Waals surface area contributed by atoms with E-state index in [4.69, 9.17) is 0 Å². The van der Waals surface area contributed by atoms with Crippen LogP contribution < -0.4 is 10.2 Å². The van der Waals surface area contributed by atoms with Gasteiger partial charge in [-0.05, 0) is 29.3 Å². The minimum Gasteiger partial charge on any atom is -0.369 e. The first kappa shape index (κ1) is 14.6. The first-order chi connectivity index (χ1) is 12.4. The van der Waals surface area contributed by atoms with Gasteiger partial charge in [-0.25, -0.2) is 0 Å². The van der Waals surface area contributed by atoms with E-state index in [1.807, 2.05) is 12.4 Å². The lowest BCUT2D eigenvalue weighted by atomic mass is 9.99. The van der Waals surface area contributed by atoms with Gasteiger partial charge in [-0.1, -0.05) is 24.3 Å². The van der Waals surface area contributed by atoms with E-state index >= 15 is 0 Å². The smallest absolute Gasteiger partial charge is 0.0730 e. The Morgan fingerprint density at radius 1 is 0.880 bits per heavy atom. The van der Waals surface area contributed by atoms with Gasteiger partial charge < -0.3 is 10.2 Å². The molecule has 1 N–H and O–H groups in total. The molecule has 2 aromatic heterocycles. The minimum atomic E-state index is 0.914. The van der Waals surface area contributed by atoms with Crippen LogP contribution >= 0.6 is 0 Å². The zero-order valence-electron chi connectivity index (χ0n) is 14.1. The molecule has 0 unspecified atom stereocenters. The molecule has 124 valence electrons. The van der Waals surface area contributed by atoms with Gasteiger partial charge in [0.05, 0.1) is 11.4 Å². The molecule has 0 radical (unpaired) electrons. The van der Waals surface area contributed by atoms with Gasteiger partial charge in [-0.3, -0.25) is 9.97 Å². The molecular formula is C21H20N4. The highest BCUT2D eigenvalue weighted by atomic mass is 15.2. The fraction of sp³-hybridized carbons (Fsp3) is 0.238. The van der Waals surface area contributed by atoms with Crippen LogP contribution in [-0.4, -0.2) is 36.1 Å². The normalized spacial score (nSPS) is 15.8. The molecule has 4 heteroatoms. The average Bonchev–Trinajstić information content (AvgIpc) is 3.07. The average molecular weight is 328 g/mol. The number of piperazine rings is 1. The number of aromatic nitrogens is 2. The minimum absolute atomic E-state index is 0.914. The number of fused-ring (bicyclic) bond motifs is 3. The third-order valence-electron chi connectivity index (χ3n) is 5.18. The second-order valence-corrected chi connectivity index (χ2v) is 6.65.